The van der Waals surface area contributed by atoms with Crippen LogP contribution in [-0.2, 0) is 10.4 Å². The van der Waals surface area contributed by atoms with E-state index < -0.39 is 17.3 Å². The molecular formula is C14H11FN2O2. The third-order valence-electron chi connectivity index (χ3n) is 3.39. The van der Waals surface area contributed by atoms with Gasteiger partial charge in [-0.1, -0.05) is 18.2 Å². The van der Waals surface area contributed by atoms with Gasteiger partial charge in [0.05, 0.1) is 11.9 Å². The number of nitrogens with zero attached hydrogens (tertiary/aromatic N) is 1. The summed E-state index contributed by atoms with van der Waals surface area (Å²) in [4.78, 5) is 15.7. The fraction of sp³-hybridized carbons (Fsp3) is 0.143. The van der Waals surface area contributed by atoms with E-state index in [1.54, 1.807) is 12.1 Å². The third-order valence-corrected chi connectivity index (χ3v) is 3.39. The molecule has 19 heavy (non-hydrogen) atoms. The van der Waals surface area contributed by atoms with Crippen molar-refractivity contribution in [2.75, 3.05) is 5.32 Å². The fourth-order valence-electron chi connectivity index (χ4n) is 2.40. The quantitative estimate of drug-likeness (QED) is 0.818. The molecule has 1 aliphatic heterocycles. The first-order valence-corrected chi connectivity index (χ1v) is 5.79. The number of hydrogen-bond donors (Lipinski definition) is 2. The number of rotatable bonds is 1. The Hall–Kier alpha value is -2.27. The Bertz CT molecular complexity index is 687. The molecule has 3 rings (SSSR count). The highest BCUT2D eigenvalue weighted by Gasteiger charge is 2.48. The van der Waals surface area contributed by atoms with E-state index in [2.05, 4.69) is 10.3 Å². The normalized spacial score (nSPS) is 21.1. The number of nitrogens with one attached hydrogen (secondary N) is 1. The van der Waals surface area contributed by atoms with E-state index in [-0.39, 0.29) is 5.56 Å². The molecule has 0 aliphatic carbocycles. The fourth-order valence-corrected chi connectivity index (χ4v) is 2.40. The van der Waals surface area contributed by atoms with E-state index in [4.69, 9.17) is 0 Å². The third kappa shape index (κ3) is 1.48. The summed E-state index contributed by atoms with van der Waals surface area (Å²) in [6.07, 6.45) is 2.33. The maximum absolute atomic E-state index is 13.9. The SMILES string of the molecule is Cc1cccc2c1NC(=O)C2(O)c1ccncc1F. The lowest BCUT2D eigenvalue weighted by molar-refractivity contribution is -0.129. The van der Waals surface area contributed by atoms with E-state index in [0.717, 1.165) is 11.8 Å². The van der Waals surface area contributed by atoms with Gasteiger partial charge in [-0.05, 0) is 18.6 Å². The van der Waals surface area contributed by atoms with Gasteiger partial charge < -0.3 is 10.4 Å². The van der Waals surface area contributed by atoms with Crippen LogP contribution in [0, 0.1) is 12.7 Å². The molecular weight excluding hydrogens is 247 g/mol. The van der Waals surface area contributed by atoms with Crippen LogP contribution in [0.4, 0.5) is 10.1 Å². The minimum absolute atomic E-state index is 0.0932. The van der Waals surface area contributed by atoms with Crippen LogP contribution in [-0.4, -0.2) is 16.0 Å². The molecule has 1 aromatic carbocycles. The highest BCUT2D eigenvalue weighted by atomic mass is 19.1. The molecule has 0 fully saturated rings. The van der Waals surface area contributed by atoms with Gasteiger partial charge in [0.2, 0.25) is 0 Å². The van der Waals surface area contributed by atoms with Crippen molar-refractivity contribution in [1.29, 1.82) is 0 Å². The minimum atomic E-state index is -2.01. The van der Waals surface area contributed by atoms with E-state index in [0.29, 0.717) is 11.3 Å². The van der Waals surface area contributed by atoms with Crippen molar-refractivity contribution in [2.45, 2.75) is 12.5 Å². The molecule has 1 atom stereocenters. The van der Waals surface area contributed by atoms with Crippen LogP contribution in [0.3, 0.4) is 0 Å². The van der Waals surface area contributed by atoms with Crippen molar-refractivity contribution >= 4 is 11.6 Å². The first-order valence-electron chi connectivity index (χ1n) is 5.79. The van der Waals surface area contributed by atoms with E-state index in [1.807, 2.05) is 13.0 Å². The van der Waals surface area contributed by atoms with E-state index >= 15 is 0 Å². The molecule has 5 heteroatoms. The lowest BCUT2D eigenvalue weighted by atomic mass is 9.87. The molecule has 1 amide bonds. The number of benzene rings is 1. The summed E-state index contributed by atoms with van der Waals surface area (Å²) < 4.78 is 13.9. The van der Waals surface area contributed by atoms with Crippen molar-refractivity contribution in [1.82, 2.24) is 4.98 Å². The van der Waals surface area contributed by atoms with Gasteiger partial charge in [0, 0.05) is 17.3 Å². The Morgan fingerprint density at radius 3 is 2.84 bits per heavy atom. The van der Waals surface area contributed by atoms with Crippen LogP contribution in [0.5, 0.6) is 0 Å². The Kier molecular flexibility index (Phi) is 2.40. The lowest BCUT2D eigenvalue weighted by Crippen LogP contribution is -2.36. The molecule has 4 nitrogen and oxygen atoms in total. The van der Waals surface area contributed by atoms with Gasteiger partial charge in [0.25, 0.3) is 5.91 Å². The molecule has 0 bridgehead atoms. The Morgan fingerprint density at radius 1 is 1.32 bits per heavy atom. The number of hydrogen-bond acceptors (Lipinski definition) is 3. The van der Waals surface area contributed by atoms with Gasteiger partial charge in [0.1, 0.15) is 5.82 Å². The number of carbonyl (C=O) groups is 1. The summed E-state index contributed by atoms with van der Waals surface area (Å²) in [5, 5.41) is 13.3. The molecule has 0 saturated carbocycles. The standard InChI is InChI=1S/C14H11FN2O2/c1-8-3-2-4-10-12(8)17-13(18)14(10,19)9-5-6-16-7-11(9)15/h2-7,19H,1H3,(H,17,18). The van der Waals surface area contributed by atoms with Gasteiger partial charge in [-0.3, -0.25) is 9.78 Å². The average Bonchev–Trinajstić information content (AvgIpc) is 2.65. The van der Waals surface area contributed by atoms with Crippen molar-refractivity contribution in [3.63, 3.8) is 0 Å². The van der Waals surface area contributed by atoms with Gasteiger partial charge in [0.15, 0.2) is 5.60 Å². The zero-order chi connectivity index (χ0) is 13.6. The lowest BCUT2D eigenvalue weighted by Gasteiger charge is -2.21. The number of para-hydroxylation sites is 1. The van der Waals surface area contributed by atoms with Crippen molar-refractivity contribution in [2.24, 2.45) is 0 Å². The topological polar surface area (TPSA) is 62.2 Å². The molecule has 0 radical (unpaired) electrons. The van der Waals surface area contributed by atoms with Crippen molar-refractivity contribution < 1.29 is 14.3 Å². The van der Waals surface area contributed by atoms with Crippen LogP contribution in [0.25, 0.3) is 0 Å². The highest BCUT2D eigenvalue weighted by molar-refractivity contribution is 6.07. The van der Waals surface area contributed by atoms with E-state index in [1.165, 1.54) is 12.3 Å². The van der Waals surface area contributed by atoms with Gasteiger partial charge in [-0.15, -0.1) is 0 Å². The first-order chi connectivity index (χ1) is 9.05. The van der Waals surface area contributed by atoms with Crippen molar-refractivity contribution in [3.05, 3.63) is 59.2 Å². The van der Waals surface area contributed by atoms with Crippen LogP contribution < -0.4 is 5.32 Å². The predicted molar refractivity (Wildman–Crippen MR) is 67.0 cm³/mol. The Balaban J connectivity index is 2.30. The van der Waals surface area contributed by atoms with Gasteiger partial charge >= 0.3 is 0 Å². The molecule has 1 aromatic heterocycles. The smallest absolute Gasteiger partial charge is 0.265 e. The van der Waals surface area contributed by atoms with Crippen molar-refractivity contribution in [3.8, 4) is 0 Å². The molecule has 1 unspecified atom stereocenters. The number of pyridine rings is 1. The van der Waals surface area contributed by atoms with Crippen LogP contribution >= 0.6 is 0 Å². The number of fused-ring (bicyclic) bond motifs is 1. The highest BCUT2D eigenvalue weighted by Crippen LogP contribution is 2.42. The van der Waals surface area contributed by atoms with Gasteiger partial charge in [-0.2, -0.15) is 0 Å². The number of amides is 1. The number of carbonyl (C=O) groups excluding carboxylic acids is 1. The number of halogens is 1. The monoisotopic (exact) mass is 258 g/mol. The predicted octanol–water partition coefficient (Wildman–Crippen LogP) is 1.72. The van der Waals surface area contributed by atoms with E-state index in [9.17, 15) is 14.3 Å². The molecule has 0 spiro atoms. The summed E-state index contributed by atoms with van der Waals surface area (Å²) >= 11 is 0. The molecule has 0 saturated heterocycles. The van der Waals surface area contributed by atoms with Crippen LogP contribution in [0.2, 0.25) is 0 Å². The van der Waals surface area contributed by atoms with Crippen LogP contribution in [0.1, 0.15) is 16.7 Å². The molecule has 96 valence electrons. The minimum Gasteiger partial charge on any atom is -0.372 e. The zero-order valence-electron chi connectivity index (χ0n) is 10.1. The largest absolute Gasteiger partial charge is 0.372 e. The average molecular weight is 258 g/mol. The second-order valence-corrected chi connectivity index (χ2v) is 4.52. The number of aromatic nitrogens is 1. The first kappa shape index (κ1) is 11.8. The zero-order valence-corrected chi connectivity index (χ0v) is 10.1. The maximum Gasteiger partial charge on any atom is 0.265 e. The summed E-state index contributed by atoms with van der Waals surface area (Å²) in [7, 11) is 0. The summed E-state index contributed by atoms with van der Waals surface area (Å²) in [5.74, 6) is -1.36. The summed E-state index contributed by atoms with van der Waals surface area (Å²) in [6, 6.07) is 6.46. The Labute approximate surface area is 108 Å². The Morgan fingerprint density at radius 2 is 2.11 bits per heavy atom. The maximum atomic E-state index is 13.9. The molecule has 2 N–H and O–H groups in total. The number of aliphatic hydroxyl groups is 1. The molecule has 1 aliphatic rings. The molecule has 2 aromatic rings. The second-order valence-electron chi connectivity index (χ2n) is 4.52. The molecule has 2 heterocycles. The number of aryl methyl sites for hydroxylation is 1. The second kappa shape index (κ2) is 3.86. The van der Waals surface area contributed by atoms with Gasteiger partial charge in [-0.25, -0.2) is 4.39 Å². The number of anilines is 1. The summed E-state index contributed by atoms with van der Waals surface area (Å²) in [6.45, 7) is 1.81. The summed E-state index contributed by atoms with van der Waals surface area (Å²) in [5.41, 5.74) is -0.386. The van der Waals surface area contributed by atoms with Crippen LogP contribution in [0.15, 0.2) is 36.7 Å².